The van der Waals surface area contributed by atoms with Crippen molar-refractivity contribution in [2.45, 2.75) is 43.8 Å². The summed E-state index contributed by atoms with van der Waals surface area (Å²) < 4.78 is 7.67. The van der Waals surface area contributed by atoms with Crippen LogP contribution in [-0.4, -0.2) is 57.4 Å². The van der Waals surface area contributed by atoms with Crippen molar-refractivity contribution in [2.24, 2.45) is 12.8 Å². The molecule has 3 heterocycles. The molecule has 1 aromatic heterocycles. The molecule has 2 fully saturated rings. The fraction of sp³-hybridized carbons (Fsp3) is 0.786. The third-order valence-corrected chi connectivity index (χ3v) is 4.49. The molecule has 116 valence electrons. The van der Waals surface area contributed by atoms with E-state index in [1.807, 2.05) is 16.5 Å². The monoisotopic (exact) mass is 293 g/mol. The van der Waals surface area contributed by atoms with Crippen molar-refractivity contribution < 1.29 is 9.53 Å². The quantitative estimate of drug-likeness (QED) is 0.849. The summed E-state index contributed by atoms with van der Waals surface area (Å²) in [7, 11) is 1.95. The van der Waals surface area contributed by atoms with Crippen molar-refractivity contribution in [3.8, 4) is 0 Å². The van der Waals surface area contributed by atoms with E-state index in [2.05, 4.69) is 10.2 Å². The minimum atomic E-state index is -0.309. The van der Waals surface area contributed by atoms with Crippen LogP contribution in [0.5, 0.6) is 0 Å². The number of piperidine rings is 1. The first-order valence-electron chi connectivity index (χ1n) is 7.67. The molecule has 0 radical (unpaired) electrons. The van der Waals surface area contributed by atoms with Crippen molar-refractivity contribution in [2.75, 3.05) is 19.6 Å². The molecule has 1 aromatic rings. The maximum atomic E-state index is 12.6. The van der Waals surface area contributed by atoms with E-state index < -0.39 is 0 Å². The Morgan fingerprint density at radius 1 is 1.48 bits per heavy atom. The number of likely N-dealkylation sites (tertiary alicyclic amines) is 1. The van der Waals surface area contributed by atoms with Crippen LogP contribution in [0.25, 0.3) is 0 Å². The topological polar surface area (TPSA) is 86.3 Å². The third kappa shape index (κ3) is 2.94. The Morgan fingerprint density at radius 2 is 2.33 bits per heavy atom. The molecule has 0 bridgehead atoms. The van der Waals surface area contributed by atoms with Gasteiger partial charge in [-0.1, -0.05) is 0 Å². The minimum absolute atomic E-state index is 0.0401. The summed E-state index contributed by atoms with van der Waals surface area (Å²) in [5, 5.41) is 8.12. The first kappa shape index (κ1) is 14.5. The molecule has 0 aromatic carbocycles. The van der Waals surface area contributed by atoms with Crippen molar-refractivity contribution >= 4 is 5.91 Å². The van der Waals surface area contributed by atoms with E-state index in [0.717, 1.165) is 38.1 Å². The number of rotatable bonds is 3. The molecule has 21 heavy (non-hydrogen) atoms. The van der Waals surface area contributed by atoms with Gasteiger partial charge in [0, 0.05) is 32.6 Å². The SMILES string of the molecule is Cn1cnnc1C1CCCN(C(=O)C2CCC(CN)O2)C1. The number of amides is 1. The van der Waals surface area contributed by atoms with Gasteiger partial charge in [-0.3, -0.25) is 4.79 Å². The van der Waals surface area contributed by atoms with Crippen molar-refractivity contribution in [1.82, 2.24) is 19.7 Å². The molecule has 0 saturated carbocycles. The van der Waals surface area contributed by atoms with Crippen LogP contribution in [0.4, 0.5) is 0 Å². The summed E-state index contributed by atoms with van der Waals surface area (Å²) in [6.45, 7) is 2.00. The summed E-state index contributed by atoms with van der Waals surface area (Å²) in [6.07, 6.45) is 5.15. The van der Waals surface area contributed by atoms with Crippen LogP contribution in [0.1, 0.15) is 37.4 Å². The second-order valence-electron chi connectivity index (χ2n) is 5.98. The van der Waals surface area contributed by atoms with Crippen LogP contribution in [-0.2, 0) is 16.6 Å². The summed E-state index contributed by atoms with van der Waals surface area (Å²) >= 11 is 0. The number of hydrogen-bond acceptors (Lipinski definition) is 5. The predicted octanol–water partition coefficient (Wildman–Crippen LogP) is 0.0274. The number of carbonyl (C=O) groups is 1. The van der Waals surface area contributed by atoms with Gasteiger partial charge in [-0.25, -0.2) is 0 Å². The second kappa shape index (κ2) is 6.11. The van der Waals surface area contributed by atoms with Gasteiger partial charge in [0.15, 0.2) is 0 Å². The maximum absolute atomic E-state index is 12.6. The van der Waals surface area contributed by atoms with Crippen LogP contribution >= 0.6 is 0 Å². The Kier molecular flexibility index (Phi) is 4.21. The van der Waals surface area contributed by atoms with Gasteiger partial charge in [0.05, 0.1) is 6.10 Å². The first-order chi connectivity index (χ1) is 10.2. The number of hydrogen-bond donors (Lipinski definition) is 1. The van der Waals surface area contributed by atoms with E-state index >= 15 is 0 Å². The molecule has 3 unspecified atom stereocenters. The molecule has 2 aliphatic rings. The molecule has 3 atom stereocenters. The summed E-state index contributed by atoms with van der Waals surface area (Å²) in [5.74, 6) is 1.33. The Balaban J connectivity index is 1.63. The molecule has 1 amide bonds. The first-order valence-corrected chi connectivity index (χ1v) is 7.67. The molecular formula is C14H23N5O2. The lowest BCUT2D eigenvalue weighted by atomic mass is 9.96. The van der Waals surface area contributed by atoms with E-state index in [0.29, 0.717) is 13.1 Å². The Morgan fingerprint density at radius 3 is 3.00 bits per heavy atom. The number of aromatic nitrogens is 3. The van der Waals surface area contributed by atoms with Crippen molar-refractivity contribution in [1.29, 1.82) is 0 Å². The summed E-state index contributed by atoms with van der Waals surface area (Å²) in [6, 6.07) is 0. The predicted molar refractivity (Wildman–Crippen MR) is 76.5 cm³/mol. The summed E-state index contributed by atoms with van der Waals surface area (Å²) in [5.41, 5.74) is 5.61. The lowest BCUT2D eigenvalue weighted by Crippen LogP contribution is -2.45. The van der Waals surface area contributed by atoms with Crippen molar-refractivity contribution in [3.63, 3.8) is 0 Å². The largest absolute Gasteiger partial charge is 0.364 e. The Bertz CT molecular complexity index is 503. The van der Waals surface area contributed by atoms with E-state index in [1.165, 1.54) is 0 Å². The van der Waals surface area contributed by atoms with Gasteiger partial charge >= 0.3 is 0 Å². The van der Waals surface area contributed by atoms with Gasteiger partial charge in [0.1, 0.15) is 18.3 Å². The maximum Gasteiger partial charge on any atom is 0.251 e. The smallest absolute Gasteiger partial charge is 0.251 e. The highest BCUT2D eigenvalue weighted by atomic mass is 16.5. The lowest BCUT2D eigenvalue weighted by Gasteiger charge is -2.33. The lowest BCUT2D eigenvalue weighted by molar-refractivity contribution is -0.144. The number of ether oxygens (including phenoxy) is 1. The molecular weight excluding hydrogens is 270 g/mol. The average Bonchev–Trinajstić information content (AvgIpc) is 3.15. The average molecular weight is 293 g/mol. The van der Waals surface area contributed by atoms with Crippen LogP contribution in [0, 0.1) is 0 Å². The number of nitrogens with zero attached hydrogens (tertiary/aromatic N) is 4. The van der Waals surface area contributed by atoms with Gasteiger partial charge < -0.3 is 19.9 Å². The fourth-order valence-electron chi connectivity index (χ4n) is 3.31. The molecule has 0 aliphatic carbocycles. The highest BCUT2D eigenvalue weighted by Gasteiger charge is 2.35. The number of carbonyl (C=O) groups excluding carboxylic acids is 1. The van der Waals surface area contributed by atoms with Gasteiger partial charge in [-0.05, 0) is 25.7 Å². The minimum Gasteiger partial charge on any atom is -0.364 e. The highest BCUT2D eigenvalue weighted by Crippen LogP contribution is 2.27. The molecule has 0 spiro atoms. The molecule has 2 aliphatic heterocycles. The summed E-state index contributed by atoms with van der Waals surface area (Å²) in [4.78, 5) is 14.5. The molecule has 2 N–H and O–H groups in total. The highest BCUT2D eigenvalue weighted by molar-refractivity contribution is 5.81. The molecule has 7 nitrogen and oxygen atoms in total. The van der Waals surface area contributed by atoms with Gasteiger partial charge in [0.25, 0.3) is 5.91 Å². The van der Waals surface area contributed by atoms with Crippen LogP contribution < -0.4 is 5.73 Å². The van der Waals surface area contributed by atoms with E-state index in [4.69, 9.17) is 10.5 Å². The van der Waals surface area contributed by atoms with E-state index in [1.54, 1.807) is 6.33 Å². The van der Waals surface area contributed by atoms with Crippen LogP contribution in [0.15, 0.2) is 6.33 Å². The van der Waals surface area contributed by atoms with E-state index in [9.17, 15) is 4.79 Å². The number of nitrogens with two attached hydrogens (primary N) is 1. The van der Waals surface area contributed by atoms with Crippen LogP contribution in [0.2, 0.25) is 0 Å². The second-order valence-corrected chi connectivity index (χ2v) is 5.98. The van der Waals surface area contributed by atoms with Gasteiger partial charge in [0.2, 0.25) is 0 Å². The normalized spacial score (nSPS) is 29.8. The molecule has 2 saturated heterocycles. The standard InChI is InChI=1S/C14H23N5O2/c1-18-9-16-17-13(18)10-3-2-6-19(8-10)14(20)12-5-4-11(7-15)21-12/h9-12H,2-8,15H2,1H3. The van der Waals surface area contributed by atoms with Gasteiger partial charge in [-0.15, -0.1) is 10.2 Å². The molecule has 3 rings (SSSR count). The third-order valence-electron chi connectivity index (χ3n) is 4.49. The Labute approximate surface area is 124 Å². The zero-order valence-electron chi connectivity index (χ0n) is 12.4. The Hall–Kier alpha value is -1.47. The number of aryl methyl sites for hydroxylation is 1. The molecule has 7 heteroatoms. The zero-order chi connectivity index (χ0) is 14.8. The fourth-order valence-corrected chi connectivity index (χ4v) is 3.31. The van der Waals surface area contributed by atoms with E-state index in [-0.39, 0.29) is 24.0 Å². The van der Waals surface area contributed by atoms with Crippen molar-refractivity contribution in [3.05, 3.63) is 12.2 Å². The van der Waals surface area contributed by atoms with Gasteiger partial charge in [-0.2, -0.15) is 0 Å². The zero-order valence-corrected chi connectivity index (χ0v) is 12.4. The van der Waals surface area contributed by atoms with Crippen LogP contribution in [0.3, 0.4) is 0 Å².